The summed E-state index contributed by atoms with van der Waals surface area (Å²) in [7, 11) is 1.91. The van der Waals surface area contributed by atoms with E-state index < -0.39 is 0 Å². The summed E-state index contributed by atoms with van der Waals surface area (Å²) in [6, 6.07) is 5.98. The van der Waals surface area contributed by atoms with Crippen molar-refractivity contribution in [3.8, 4) is 0 Å². The van der Waals surface area contributed by atoms with E-state index in [0.717, 1.165) is 37.5 Å². The molecule has 2 rings (SSSR count). The van der Waals surface area contributed by atoms with E-state index in [1.165, 1.54) is 12.8 Å². The third-order valence-corrected chi connectivity index (χ3v) is 4.38. The summed E-state index contributed by atoms with van der Waals surface area (Å²) in [5.74, 6) is 1.62. The Kier molecular flexibility index (Phi) is 5.59. The van der Waals surface area contributed by atoms with Crippen molar-refractivity contribution >= 4 is 11.7 Å². The Hall–Kier alpha value is -1.58. The lowest BCUT2D eigenvalue weighted by molar-refractivity contribution is 0.0674. The van der Waals surface area contributed by atoms with Gasteiger partial charge in [0.15, 0.2) is 0 Å². The highest BCUT2D eigenvalue weighted by Gasteiger charge is 2.26. The minimum Gasteiger partial charge on any atom is -0.370 e. The molecule has 1 aromatic rings. The zero-order valence-electron chi connectivity index (χ0n) is 13.4. The summed E-state index contributed by atoms with van der Waals surface area (Å²) in [5, 5.41) is 3.23. The monoisotopic (exact) mass is 289 g/mol. The van der Waals surface area contributed by atoms with Crippen molar-refractivity contribution in [1.29, 1.82) is 0 Å². The summed E-state index contributed by atoms with van der Waals surface area (Å²) in [5.41, 5.74) is 0.539. The van der Waals surface area contributed by atoms with Crippen LogP contribution in [0.2, 0.25) is 0 Å². The Balaban J connectivity index is 2.01. The Labute approximate surface area is 127 Å². The average Bonchev–Trinajstić information content (AvgIpc) is 2.52. The molecule has 1 aliphatic rings. The van der Waals surface area contributed by atoms with Gasteiger partial charge in [-0.05, 0) is 50.2 Å². The van der Waals surface area contributed by atoms with E-state index in [9.17, 15) is 4.79 Å². The van der Waals surface area contributed by atoms with Crippen LogP contribution in [0.4, 0.5) is 5.82 Å². The molecule has 1 aromatic heterocycles. The fourth-order valence-electron chi connectivity index (χ4n) is 2.88. The van der Waals surface area contributed by atoms with Crippen LogP contribution in [-0.2, 0) is 0 Å². The summed E-state index contributed by atoms with van der Waals surface area (Å²) >= 11 is 0. The molecule has 116 valence electrons. The van der Waals surface area contributed by atoms with Crippen LogP contribution in [0.5, 0.6) is 0 Å². The molecule has 0 atom stereocenters. The molecule has 0 radical (unpaired) electrons. The highest BCUT2D eigenvalue weighted by atomic mass is 16.2. The first-order valence-corrected chi connectivity index (χ1v) is 8.10. The van der Waals surface area contributed by atoms with Crippen molar-refractivity contribution in [2.24, 2.45) is 5.92 Å². The summed E-state index contributed by atoms with van der Waals surface area (Å²) in [6.45, 7) is 5.28. The van der Waals surface area contributed by atoms with Crippen molar-refractivity contribution in [2.75, 3.05) is 18.9 Å². The van der Waals surface area contributed by atoms with E-state index in [1.807, 2.05) is 24.1 Å². The third kappa shape index (κ3) is 4.19. The predicted octanol–water partition coefficient (Wildman–Crippen LogP) is 3.55. The minimum atomic E-state index is 0.0368. The maximum Gasteiger partial charge on any atom is 0.272 e. The van der Waals surface area contributed by atoms with E-state index in [1.54, 1.807) is 6.07 Å². The van der Waals surface area contributed by atoms with E-state index in [4.69, 9.17) is 0 Å². The van der Waals surface area contributed by atoms with Crippen molar-refractivity contribution < 1.29 is 4.79 Å². The van der Waals surface area contributed by atoms with Crippen molar-refractivity contribution in [3.63, 3.8) is 0 Å². The lowest BCUT2D eigenvalue weighted by Gasteiger charge is -2.33. The van der Waals surface area contributed by atoms with Gasteiger partial charge in [-0.3, -0.25) is 4.79 Å². The van der Waals surface area contributed by atoms with Gasteiger partial charge in [-0.15, -0.1) is 0 Å². The molecule has 0 saturated heterocycles. The van der Waals surface area contributed by atoms with Crippen LogP contribution in [0.15, 0.2) is 18.2 Å². The van der Waals surface area contributed by atoms with Crippen LogP contribution < -0.4 is 5.32 Å². The number of aromatic nitrogens is 1. The highest BCUT2D eigenvalue weighted by Crippen LogP contribution is 2.27. The number of nitrogens with one attached hydrogen (secondary N) is 1. The number of carbonyl (C=O) groups excluding carboxylic acids is 1. The summed E-state index contributed by atoms with van der Waals surface area (Å²) in [6.07, 6.45) is 5.69. The smallest absolute Gasteiger partial charge is 0.272 e. The molecule has 4 heteroatoms. The number of nitrogens with zero attached hydrogens (tertiary/aromatic N) is 2. The van der Waals surface area contributed by atoms with Crippen LogP contribution in [-0.4, -0.2) is 35.4 Å². The molecular formula is C17H27N3O. The van der Waals surface area contributed by atoms with Crippen molar-refractivity contribution in [2.45, 2.75) is 52.0 Å². The van der Waals surface area contributed by atoms with Crippen molar-refractivity contribution in [1.82, 2.24) is 9.88 Å². The quantitative estimate of drug-likeness (QED) is 0.901. The third-order valence-electron chi connectivity index (χ3n) is 4.38. The van der Waals surface area contributed by atoms with Gasteiger partial charge in [0.1, 0.15) is 11.5 Å². The number of hydrogen-bond donors (Lipinski definition) is 1. The van der Waals surface area contributed by atoms with Crippen LogP contribution in [0.1, 0.15) is 56.4 Å². The van der Waals surface area contributed by atoms with E-state index in [-0.39, 0.29) is 5.91 Å². The molecular weight excluding hydrogens is 262 g/mol. The molecule has 0 unspecified atom stereocenters. The number of rotatable bonds is 5. The number of pyridine rings is 1. The van der Waals surface area contributed by atoms with Crippen LogP contribution >= 0.6 is 0 Å². The highest BCUT2D eigenvalue weighted by molar-refractivity contribution is 5.92. The lowest BCUT2D eigenvalue weighted by Crippen LogP contribution is -2.39. The molecule has 1 amide bonds. The second-order valence-corrected chi connectivity index (χ2v) is 6.16. The zero-order chi connectivity index (χ0) is 15.2. The fourth-order valence-corrected chi connectivity index (χ4v) is 2.88. The van der Waals surface area contributed by atoms with Crippen LogP contribution in [0.3, 0.4) is 0 Å². The summed E-state index contributed by atoms with van der Waals surface area (Å²) < 4.78 is 0. The van der Waals surface area contributed by atoms with Crippen LogP contribution in [0, 0.1) is 5.92 Å². The molecule has 1 N–H and O–H groups in total. The SMILES string of the molecule is CCCNc1cccc(C(=O)N(C)C2CCC(C)CC2)n1. The van der Waals surface area contributed by atoms with Crippen molar-refractivity contribution in [3.05, 3.63) is 23.9 Å². The molecule has 0 aromatic carbocycles. The second-order valence-electron chi connectivity index (χ2n) is 6.16. The van der Waals surface area contributed by atoms with Gasteiger partial charge in [-0.25, -0.2) is 4.98 Å². The van der Waals surface area contributed by atoms with Gasteiger partial charge in [0, 0.05) is 19.6 Å². The fraction of sp³-hybridized carbons (Fsp3) is 0.647. The number of amides is 1. The molecule has 4 nitrogen and oxygen atoms in total. The van der Waals surface area contributed by atoms with Gasteiger partial charge >= 0.3 is 0 Å². The van der Waals surface area contributed by atoms with Gasteiger partial charge in [0.05, 0.1) is 0 Å². The molecule has 1 saturated carbocycles. The Morgan fingerprint density at radius 3 is 2.71 bits per heavy atom. The maximum atomic E-state index is 12.6. The number of carbonyl (C=O) groups is 1. The predicted molar refractivity (Wildman–Crippen MR) is 86.5 cm³/mol. The number of anilines is 1. The average molecular weight is 289 g/mol. The molecule has 0 aliphatic heterocycles. The maximum absolute atomic E-state index is 12.6. The Bertz CT molecular complexity index is 467. The Morgan fingerprint density at radius 2 is 2.05 bits per heavy atom. The normalized spacial score (nSPS) is 21.9. The minimum absolute atomic E-state index is 0.0368. The molecule has 0 bridgehead atoms. The van der Waals surface area contributed by atoms with Gasteiger partial charge in [0.2, 0.25) is 0 Å². The molecule has 0 spiro atoms. The lowest BCUT2D eigenvalue weighted by atomic mass is 9.86. The largest absolute Gasteiger partial charge is 0.370 e. The van der Waals surface area contributed by atoms with Gasteiger partial charge in [-0.2, -0.15) is 0 Å². The zero-order valence-corrected chi connectivity index (χ0v) is 13.4. The number of hydrogen-bond acceptors (Lipinski definition) is 3. The first-order chi connectivity index (χ1) is 10.1. The molecule has 21 heavy (non-hydrogen) atoms. The first kappa shape index (κ1) is 15.8. The molecule has 1 fully saturated rings. The van der Waals surface area contributed by atoms with E-state index >= 15 is 0 Å². The summed E-state index contributed by atoms with van der Waals surface area (Å²) in [4.78, 5) is 18.9. The van der Waals surface area contributed by atoms with Gasteiger partial charge in [-0.1, -0.05) is 19.9 Å². The van der Waals surface area contributed by atoms with E-state index in [2.05, 4.69) is 24.1 Å². The topological polar surface area (TPSA) is 45.2 Å². The molecule has 1 heterocycles. The standard InChI is InChI=1S/C17H27N3O/c1-4-12-18-16-7-5-6-15(19-16)17(21)20(3)14-10-8-13(2)9-11-14/h5-7,13-14H,4,8-12H2,1-3H3,(H,18,19). The first-order valence-electron chi connectivity index (χ1n) is 8.10. The van der Waals surface area contributed by atoms with E-state index in [0.29, 0.717) is 11.7 Å². The van der Waals surface area contributed by atoms with Gasteiger partial charge in [0.25, 0.3) is 5.91 Å². The molecule has 1 aliphatic carbocycles. The Morgan fingerprint density at radius 1 is 1.33 bits per heavy atom. The van der Waals surface area contributed by atoms with Gasteiger partial charge < -0.3 is 10.2 Å². The second kappa shape index (κ2) is 7.43. The van der Waals surface area contributed by atoms with Crippen LogP contribution in [0.25, 0.3) is 0 Å².